The van der Waals surface area contributed by atoms with Crippen LogP contribution < -0.4 is 5.32 Å². The number of hydrogen-bond donors (Lipinski definition) is 1. The third-order valence-electron chi connectivity index (χ3n) is 6.28. The Hall–Kier alpha value is -2.63. The van der Waals surface area contributed by atoms with Crippen molar-refractivity contribution in [1.82, 2.24) is 19.5 Å². The molecule has 188 valence electrons. The number of amides is 2. The van der Waals surface area contributed by atoms with Gasteiger partial charge in [0.1, 0.15) is 17.8 Å². The van der Waals surface area contributed by atoms with E-state index in [1.54, 1.807) is 35.0 Å². The van der Waals surface area contributed by atoms with E-state index in [2.05, 4.69) is 10.3 Å². The van der Waals surface area contributed by atoms with Gasteiger partial charge < -0.3 is 10.2 Å². The molecule has 0 saturated carbocycles. The van der Waals surface area contributed by atoms with Crippen molar-refractivity contribution in [1.29, 1.82) is 0 Å². The van der Waals surface area contributed by atoms with E-state index in [0.717, 1.165) is 0 Å². The van der Waals surface area contributed by atoms with Gasteiger partial charge in [0.05, 0.1) is 23.8 Å². The molecule has 2 aliphatic heterocycles. The van der Waals surface area contributed by atoms with E-state index >= 15 is 0 Å². The van der Waals surface area contributed by atoms with Crippen molar-refractivity contribution in [2.75, 3.05) is 13.1 Å². The molecule has 0 spiro atoms. The summed E-state index contributed by atoms with van der Waals surface area (Å²) in [4.78, 5) is 44.9. The van der Waals surface area contributed by atoms with Crippen LogP contribution >= 0.6 is 11.3 Å². The molecule has 4 heterocycles. The third kappa shape index (κ3) is 5.62. The Morgan fingerprint density at radius 3 is 2.66 bits per heavy atom. The van der Waals surface area contributed by atoms with E-state index in [9.17, 15) is 22.8 Å². The van der Waals surface area contributed by atoms with Crippen LogP contribution in [0.2, 0.25) is 0 Å². The van der Waals surface area contributed by atoms with Gasteiger partial charge in [-0.05, 0) is 41.8 Å². The Morgan fingerprint density at radius 2 is 2.03 bits per heavy atom. The van der Waals surface area contributed by atoms with Gasteiger partial charge >= 0.3 is 0 Å². The zero-order chi connectivity index (χ0) is 25.4. The van der Waals surface area contributed by atoms with E-state index < -0.39 is 28.1 Å². The van der Waals surface area contributed by atoms with E-state index in [1.165, 1.54) is 26.7 Å². The molecule has 2 amide bonds. The Labute approximate surface area is 209 Å². The molecule has 1 N–H and O–H groups in total. The number of hydrogen-bond acceptors (Lipinski definition) is 7. The van der Waals surface area contributed by atoms with Crippen LogP contribution in [0, 0.1) is 5.41 Å². The minimum absolute atomic E-state index is 0.254. The summed E-state index contributed by atoms with van der Waals surface area (Å²) < 4.78 is 27.5. The molecule has 35 heavy (non-hydrogen) atoms. The molecule has 2 aromatic heterocycles. The van der Waals surface area contributed by atoms with Crippen molar-refractivity contribution in [3.05, 3.63) is 52.5 Å². The predicted molar refractivity (Wildman–Crippen MR) is 132 cm³/mol. The van der Waals surface area contributed by atoms with Gasteiger partial charge in [-0.25, -0.2) is 8.42 Å². The first-order valence-corrected chi connectivity index (χ1v) is 14.1. The van der Waals surface area contributed by atoms with Gasteiger partial charge in [0.25, 0.3) is 5.91 Å². The average molecular weight is 519 g/mol. The lowest BCUT2D eigenvalue weighted by atomic mass is 9.87. The van der Waals surface area contributed by atoms with E-state index in [4.69, 9.17) is 0 Å². The summed E-state index contributed by atoms with van der Waals surface area (Å²) >= 11 is 1.39. The monoisotopic (exact) mass is 518 g/mol. The number of sulfonamides is 1. The Bertz CT molecular complexity index is 1190. The number of pyridine rings is 1. The number of thiophene rings is 1. The van der Waals surface area contributed by atoms with E-state index in [0.29, 0.717) is 24.1 Å². The standard InChI is InChI=1S/C24H30N4O5S2/c1-24(2,3)12-18(26-22(30)16-8-11-34-14-16)23(31)27-10-7-19-21(27)20(29)13-28(19)35(32,33)15-17-6-4-5-9-25-17/h4-6,8-9,11,14,18-19,21H,7,10,12-13,15H2,1-3H3,(H,26,30). The molecular weight excluding hydrogens is 488 g/mol. The van der Waals surface area contributed by atoms with E-state index in [1.807, 2.05) is 20.8 Å². The van der Waals surface area contributed by atoms with Crippen LogP contribution in [-0.2, 0) is 25.4 Å². The fourth-order valence-corrected chi connectivity index (χ4v) is 7.09. The number of carbonyl (C=O) groups is 3. The molecule has 11 heteroatoms. The lowest BCUT2D eigenvalue weighted by Crippen LogP contribution is -2.53. The average Bonchev–Trinajstić information content (AvgIpc) is 3.51. The van der Waals surface area contributed by atoms with Crippen molar-refractivity contribution >= 4 is 39.0 Å². The number of carbonyl (C=O) groups excluding carboxylic acids is 3. The van der Waals surface area contributed by atoms with Gasteiger partial charge in [-0.1, -0.05) is 26.8 Å². The SMILES string of the molecule is CC(C)(C)CC(NC(=O)c1ccsc1)C(=O)N1CCC2C1C(=O)CN2S(=O)(=O)Cc1ccccn1. The molecule has 0 aliphatic carbocycles. The summed E-state index contributed by atoms with van der Waals surface area (Å²) in [6.07, 6.45) is 2.27. The van der Waals surface area contributed by atoms with Gasteiger partial charge in [-0.15, -0.1) is 0 Å². The number of ketones is 1. The van der Waals surface area contributed by atoms with Crippen molar-refractivity contribution in [3.63, 3.8) is 0 Å². The van der Waals surface area contributed by atoms with Crippen LogP contribution in [0.1, 0.15) is 49.7 Å². The molecule has 3 unspecified atom stereocenters. The molecule has 3 atom stereocenters. The molecular formula is C24H30N4O5S2. The zero-order valence-corrected chi connectivity index (χ0v) is 21.6. The smallest absolute Gasteiger partial charge is 0.252 e. The molecule has 0 aromatic carbocycles. The molecule has 2 saturated heterocycles. The van der Waals surface area contributed by atoms with Crippen molar-refractivity contribution in [3.8, 4) is 0 Å². The largest absolute Gasteiger partial charge is 0.340 e. The Balaban J connectivity index is 1.53. The lowest BCUT2D eigenvalue weighted by Gasteiger charge is -2.31. The van der Waals surface area contributed by atoms with Crippen molar-refractivity contribution in [2.45, 2.75) is 57.5 Å². The topological polar surface area (TPSA) is 117 Å². The number of fused-ring (bicyclic) bond motifs is 1. The second-order valence-corrected chi connectivity index (χ2v) is 12.9. The van der Waals surface area contributed by atoms with Gasteiger partial charge in [0, 0.05) is 18.1 Å². The summed E-state index contributed by atoms with van der Waals surface area (Å²) in [6, 6.07) is 4.46. The van der Waals surface area contributed by atoms with Crippen molar-refractivity contribution < 1.29 is 22.8 Å². The highest BCUT2D eigenvalue weighted by Gasteiger charge is 2.54. The quantitative estimate of drug-likeness (QED) is 0.600. The first-order chi connectivity index (χ1) is 16.5. The normalized spacial score (nSPS) is 21.7. The van der Waals surface area contributed by atoms with Gasteiger partial charge in [0.15, 0.2) is 5.78 Å². The minimum atomic E-state index is -3.80. The number of aromatic nitrogens is 1. The Kier molecular flexibility index (Phi) is 7.12. The summed E-state index contributed by atoms with van der Waals surface area (Å²) in [5, 5.41) is 6.35. The number of nitrogens with zero attached hydrogens (tertiary/aromatic N) is 3. The molecule has 0 bridgehead atoms. The lowest BCUT2D eigenvalue weighted by molar-refractivity contribution is -0.138. The summed E-state index contributed by atoms with van der Waals surface area (Å²) in [5.74, 6) is -1.30. The highest BCUT2D eigenvalue weighted by Crippen LogP contribution is 2.34. The molecule has 2 aromatic rings. The first-order valence-electron chi connectivity index (χ1n) is 11.5. The highest BCUT2D eigenvalue weighted by atomic mass is 32.2. The predicted octanol–water partition coefficient (Wildman–Crippen LogP) is 2.06. The fraction of sp³-hybridized carbons (Fsp3) is 0.500. The van der Waals surface area contributed by atoms with Gasteiger partial charge in [-0.2, -0.15) is 15.6 Å². The van der Waals surface area contributed by atoms with Crippen LogP contribution in [0.3, 0.4) is 0 Å². The van der Waals surface area contributed by atoms with Crippen LogP contribution in [0.25, 0.3) is 0 Å². The first kappa shape index (κ1) is 25.5. The maximum Gasteiger partial charge on any atom is 0.252 e. The summed E-state index contributed by atoms with van der Waals surface area (Å²) in [5.41, 5.74) is 0.611. The van der Waals surface area contributed by atoms with Crippen LogP contribution in [0.4, 0.5) is 0 Å². The maximum absolute atomic E-state index is 13.6. The molecule has 0 radical (unpaired) electrons. The number of nitrogens with one attached hydrogen (secondary N) is 1. The van der Waals surface area contributed by atoms with Gasteiger partial charge in [-0.3, -0.25) is 19.4 Å². The number of rotatable bonds is 7. The molecule has 4 rings (SSSR count). The maximum atomic E-state index is 13.6. The van der Waals surface area contributed by atoms with Crippen LogP contribution in [0.15, 0.2) is 41.2 Å². The summed E-state index contributed by atoms with van der Waals surface area (Å²) in [7, 11) is -3.80. The molecule has 2 fully saturated rings. The third-order valence-corrected chi connectivity index (χ3v) is 8.74. The highest BCUT2D eigenvalue weighted by molar-refractivity contribution is 7.88. The van der Waals surface area contributed by atoms with Gasteiger partial charge in [0.2, 0.25) is 15.9 Å². The fourth-order valence-electron chi connectivity index (χ4n) is 4.78. The second kappa shape index (κ2) is 9.79. The van der Waals surface area contributed by atoms with Crippen LogP contribution in [0.5, 0.6) is 0 Å². The zero-order valence-electron chi connectivity index (χ0n) is 20.0. The molecule has 9 nitrogen and oxygen atoms in total. The van der Waals surface area contributed by atoms with E-state index in [-0.39, 0.29) is 41.9 Å². The minimum Gasteiger partial charge on any atom is -0.340 e. The second-order valence-electron chi connectivity index (χ2n) is 10.2. The summed E-state index contributed by atoms with van der Waals surface area (Å²) in [6.45, 7) is 5.92. The van der Waals surface area contributed by atoms with Crippen LogP contribution in [-0.4, -0.2) is 71.4 Å². The number of Topliss-reactive ketones (excluding diaryl/α,β-unsaturated/α-hetero) is 1. The molecule has 2 aliphatic rings. The van der Waals surface area contributed by atoms with Crippen molar-refractivity contribution in [2.24, 2.45) is 5.41 Å². The Morgan fingerprint density at radius 1 is 1.26 bits per heavy atom. The number of likely N-dealkylation sites (tertiary alicyclic amines) is 1.